The van der Waals surface area contributed by atoms with Gasteiger partial charge in [0.1, 0.15) is 5.82 Å². The van der Waals surface area contributed by atoms with E-state index in [0.29, 0.717) is 5.75 Å². The standard InChI is InChI=1S/C19H21FN2OS/c20-15-8-10-16(11-9-15)24-14-19(23)21-17-6-2-3-7-18(17)22-12-4-1-5-13-22/h2-3,6-11H,1,4-5,12-14H2,(H,21,23). The number of hydrogen-bond acceptors (Lipinski definition) is 3. The highest BCUT2D eigenvalue weighted by molar-refractivity contribution is 8.00. The maximum absolute atomic E-state index is 12.9. The van der Waals surface area contributed by atoms with Crippen LogP contribution in [0.1, 0.15) is 19.3 Å². The molecule has 1 heterocycles. The van der Waals surface area contributed by atoms with Crippen LogP contribution in [0.2, 0.25) is 0 Å². The third-order valence-electron chi connectivity index (χ3n) is 4.06. The largest absolute Gasteiger partial charge is 0.370 e. The summed E-state index contributed by atoms with van der Waals surface area (Å²) in [6.45, 7) is 2.08. The minimum atomic E-state index is -0.265. The minimum Gasteiger partial charge on any atom is -0.370 e. The molecule has 3 rings (SSSR count). The molecule has 0 aromatic heterocycles. The molecule has 1 saturated heterocycles. The second-order valence-corrected chi connectivity index (χ2v) is 6.90. The van der Waals surface area contributed by atoms with Crippen molar-refractivity contribution in [2.75, 3.05) is 29.1 Å². The quantitative estimate of drug-likeness (QED) is 0.808. The fourth-order valence-corrected chi connectivity index (χ4v) is 3.55. The van der Waals surface area contributed by atoms with Crippen LogP contribution in [0.15, 0.2) is 53.4 Å². The summed E-state index contributed by atoms with van der Waals surface area (Å²) in [4.78, 5) is 15.5. The number of amides is 1. The molecule has 1 amide bonds. The minimum absolute atomic E-state index is 0.0474. The number of anilines is 2. The van der Waals surface area contributed by atoms with Crippen molar-refractivity contribution in [3.05, 3.63) is 54.3 Å². The normalized spacial score (nSPS) is 14.5. The summed E-state index contributed by atoms with van der Waals surface area (Å²) < 4.78 is 12.9. The second-order valence-electron chi connectivity index (χ2n) is 5.86. The van der Waals surface area contributed by atoms with Crippen LogP contribution in [0, 0.1) is 5.82 Å². The lowest BCUT2D eigenvalue weighted by atomic mass is 10.1. The van der Waals surface area contributed by atoms with Gasteiger partial charge in [-0.05, 0) is 55.7 Å². The molecule has 0 aliphatic carbocycles. The summed E-state index contributed by atoms with van der Waals surface area (Å²) >= 11 is 1.41. The highest BCUT2D eigenvalue weighted by Crippen LogP contribution is 2.28. The number of halogens is 1. The van der Waals surface area contributed by atoms with Crippen LogP contribution in [-0.2, 0) is 4.79 Å². The number of benzene rings is 2. The molecule has 0 radical (unpaired) electrons. The van der Waals surface area contributed by atoms with Crippen molar-refractivity contribution in [3.63, 3.8) is 0 Å². The van der Waals surface area contributed by atoms with E-state index < -0.39 is 0 Å². The predicted molar refractivity (Wildman–Crippen MR) is 98.3 cm³/mol. The molecular formula is C19H21FN2OS. The Morgan fingerprint density at radius 1 is 1.04 bits per heavy atom. The molecule has 1 N–H and O–H groups in total. The Morgan fingerprint density at radius 2 is 1.75 bits per heavy atom. The molecule has 5 heteroatoms. The molecule has 3 nitrogen and oxygen atoms in total. The van der Waals surface area contributed by atoms with Crippen molar-refractivity contribution < 1.29 is 9.18 Å². The molecule has 1 aliphatic heterocycles. The summed E-state index contributed by atoms with van der Waals surface area (Å²) in [5, 5.41) is 3.01. The predicted octanol–water partition coefficient (Wildman–Crippen LogP) is 4.55. The molecule has 0 saturated carbocycles. The van der Waals surface area contributed by atoms with Gasteiger partial charge in [-0.1, -0.05) is 12.1 Å². The maximum Gasteiger partial charge on any atom is 0.234 e. The first-order valence-electron chi connectivity index (χ1n) is 8.24. The Morgan fingerprint density at radius 3 is 2.50 bits per heavy atom. The zero-order valence-electron chi connectivity index (χ0n) is 13.5. The lowest BCUT2D eigenvalue weighted by Gasteiger charge is -2.30. The Kier molecular flexibility index (Phi) is 5.75. The van der Waals surface area contributed by atoms with Gasteiger partial charge in [0.2, 0.25) is 5.91 Å². The van der Waals surface area contributed by atoms with Gasteiger partial charge in [0.05, 0.1) is 17.1 Å². The van der Waals surface area contributed by atoms with Gasteiger partial charge in [-0.25, -0.2) is 4.39 Å². The average molecular weight is 344 g/mol. The molecule has 0 spiro atoms. The van der Waals surface area contributed by atoms with Gasteiger partial charge in [0.15, 0.2) is 0 Å². The molecule has 1 aliphatic rings. The number of nitrogens with one attached hydrogen (secondary N) is 1. The van der Waals surface area contributed by atoms with Crippen LogP contribution >= 0.6 is 11.8 Å². The van der Waals surface area contributed by atoms with E-state index in [4.69, 9.17) is 0 Å². The van der Waals surface area contributed by atoms with Crippen LogP contribution in [0.3, 0.4) is 0 Å². The van der Waals surface area contributed by atoms with Crippen molar-refractivity contribution in [1.82, 2.24) is 0 Å². The van der Waals surface area contributed by atoms with Gasteiger partial charge >= 0.3 is 0 Å². The highest BCUT2D eigenvalue weighted by Gasteiger charge is 2.15. The SMILES string of the molecule is O=C(CSc1ccc(F)cc1)Nc1ccccc1N1CCCCC1. The zero-order valence-corrected chi connectivity index (χ0v) is 14.3. The van der Waals surface area contributed by atoms with E-state index in [0.717, 1.165) is 29.4 Å². The van der Waals surface area contributed by atoms with E-state index in [1.54, 1.807) is 12.1 Å². The van der Waals surface area contributed by atoms with Crippen molar-refractivity contribution >= 4 is 29.0 Å². The van der Waals surface area contributed by atoms with Gasteiger partial charge in [-0.15, -0.1) is 11.8 Å². The second kappa shape index (κ2) is 8.20. The third-order valence-corrected chi connectivity index (χ3v) is 5.07. The number of para-hydroxylation sites is 2. The molecular weight excluding hydrogens is 323 g/mol. The zero-order chi connectivity index (χ0) is 16.8. The first kappa shape index (κ1) is 16.8. The Balaban J connectivity index is 1.60. The Hall–Kier alpha value is -2.01. The van der Waals surface area contributed by atoms with Gasteiger partial charge in [-0.3, -0.25) is 4.79 Å². The van der Waals surface area contributed by atoms with E-state index in [1.165, 1.54) is 43.2 Å². The van der Waals surface area contributed by atoms with Crippen molar-refractivity contribution in [3.8, 4) is 0 Å². The molecule has 2 aromatic carbocycles. The first-order valence-corrected chi connectivity index (χ1v) is 9.23. The molecule has 2 aromatic rings. The number of carbonyl (C=O) groups is 1. The van der Waals surface area contributed by atoms with Gasteiger partial charge < -0.3 is 10.2 Å². The Labute approximate surface area is 146 Å². The first-order chi connectivity index (χ1) is 11.7. The van der Waals surface area contributed by atoms with Gasteiger partial charge in [0, 0.05) is 18.0 Å². The van der Waals surface area contributed by atoms with E-state index in [-0.39, 0.29) is 11.7 Å². The third kappa shape index (κ3) is 4.51. The van der Waals surface area contributed by atoms with Gasteiger partial charge in [-0.2, -0.15) is 0 Å². The summed E-state index contributed by atoms with van der Waals surface area (Å²) in [6, 6.07) is 14.2. The Bertz CT molecular complexity index is 684. The molecule has 0 unspecified atom stereocenters. The van der Waals surface area contributed by atoms with Crippen molar-refractivity contribution in [2.24, 2.45) is 0 Å². The van der Waals surface area contributed by atoms with Crippen LogP contribution in [-0.4, -0.2) is 24.7 Å². The molecule has 24 heavy (non-hydrogen) atoms. The summed E-state index contributed by atoms with van der Waals surface area (Å²) in [5.74, 6) is -0.00647. The summed E-state index contributed by atoms with van der Waals surface area (Å²) in [6.07, 6.45) is 3.67. The van der Waals surface area contributed by atoms with Crippen LogP contribution < -0.4 is 10.2 Å². The number of hydrogen-bond donors (Lipinski definition) is 1. The monoisotopic (exact) mass is 344 g/mol. The van der Waals surface area contributed by atoms with Gasteiger partial charge in [0.25, 0.3) is 0 Å². The lowest BCUT2D eigenvalue weighted by molar-refractivity contribution is -0.113. The maximum atomic E-state index is 12.9. The fraction of sp³-hybridized carbons (Fsp3) is 0.316. The fourth-order valence-electron chi connectivity index (χ4n) is 2.86. The lowest BCUT2D eigenvalue weighted by Crippen LogP contribution is -2.30. The van der Waals surface area contributed by atoms with E-state index in [2.05, 4.69) is 16.3 Å². The number of piperidine rings is 1. The van der Waals surface area contributed by atoms with Crippen molar-refractivity contribution in [2.45, 2.75) is 24.2 Å². The van der Waals surface area contributed by atoms with Crippen molar-refractivity contribution in [1.29, 1.82) is 0 Å². The van der Waals surface area contributed by atoms with Crippen LogP contribution in [0.5, 0.6) is 0 Å². The van der Waals surface area contributed by atoms with E-state index in [9.17, 15) is 9.18 Å². The average Bonchev–Trinajstić information content (AvgIpc) is 2.62. The number of nitrogens with zero attached hydrogens (tertiary/aromatic N) is 1. The highest BCUT2D eigenvalue weighted by atomic mass is 32.2. The van der Waals surface area contributed by atoms with Crippen LogP contribution in [0.25, 0.3) is 0 Å². The molecule has 0 bridgehead atoms. The molecule has 1 fully saturated rings. The summed E-state index contributed by atoms with van der Waals surface area (Å²) in [5.41, 5.74) is 1.96. The van der Waals surface area contributed by atoms with E-state index in [1.807, 2.05) is 18.2 Å². The number of rotatable bonds is 5. The smallest absolute Gasteiger partial charge is 0.234 e. The number of carbonyl (C=O) groups excluding carboxylic acids is 1. The topological polar surface area (TPSA) is 32.3 Å². The molecule has 126 valence electrons. The molecule has 0 atom stereocenters. The number of thioether (sulfide) groups is 1. The summed E-state index contributed by atoms with van der Waals surface area (Å²) in [7, 11) is 0. The van der Waals surface area contributed by atoms with Crippen LogP contribution in [0.4, 0.5) is 15.8 Å². The van der Waals surface area contributed by atoms with E-state index >= 15 is 0 Å².